The molecule has 2 aromatic rings. The molecule has 0 aliphatic carbocycles. The summed E-state index contributed by atoms with van der Waals surface area (Å²) in [4.78, 5) is 14.2. The highest BCUT2D eigenvalue weighted by Gasteiger charge is 2.45. The maximum Gasteiger partial charge on any atom is 0.225 e. The van der Waals surface area contributed by atoms with Crippen LogP contribution in [0.4, 0.5) is 10.3 Å². The second-order valence-corrected chi connectivity index (χ2v) is 8.00. The quantitative estimate of drug-likeness (QED) is 0.808. The number of hydrogen-bond donors (Lipinski definition) is 0. The van der Waals surface area contributed by atoms with Crippen LogP contribution in [0.2, 0.25) is 0 Å². The molecule has 148 valence electrons. The predicted octanol–water partition coefficient (Wildman–Crippen LogP) is 2.13. The van der Waals surface area contributed by atoms with Crippen molar-refractivity contribution < 1.29 is 13.9 Å². The van der Waals surface area contributed by atoms with E-state index in [2.05, 4.69) is 14.8 Å². The zero-order chi connectivity index (χ0) is 19.0. The van der Waals surface area contributed by atoms with E-state index in [1.165, 1.54) is 12.1 Å². The average Bonchev–Trinajstić information content (AvgIpc) is 3.13. The van der Waals surface area contributed by atoms with Crippen molar-refractivity contribution in [2.75, 3.05) is 50.9 Å². The molecule has 1 atom stereocenters. The Kier molecular flexibility index (Phi) is 4.74. The van der Waals surface area contributed by atoms with Gasteiger partial charge in [-0.2, -0.15) is 0 Å². The largest absolute Gasteiger partial charge is 0.378 e. The molecule has 7 heteroatoms. The third-order valence-electron chi connectivity index (χ3n) is 6.04. The Morgan fingerprint density at radius 2 is 1.89 bits per heavy atom. The summed E-state index contributed by atoms with van der Waals surface area (Å²) in [5.74, 6) is 0.615. The normalized spacial score (nSPS) is 25.2. The van der Waals surface area contributed by atoms with Crippen molar-refractivity contribution in [3.63, 3.8) is 0 Å². The molecule has 3 aliphatic heterocycles. The molecule has 4 heterocycles. The van der Waals surface area contributed by atoms with Gasteiger partial charge < -0.3 is 14.4 Å². The first-order valence-corrected chi connectivity index (χ1v) is 9.96. The van der Waals surface area contributed by atoms with Gasteiger partial charge in [0.05, 0.1) is 37.5 Å². The van der Waals surface area contributed by atoms with E-state index < -0.39 is 0 Å². The smallest absolute Gasteiger partial charge is 0.225 e. The Hall–Kier alpha value is -2.09. The number of halogens is 1. The Morgan fingerprint density at radius 3 is 2.71 bits per heavy atom. The zero-order valence-corrected chi connectivity index (χ0v) is 15.9. The second-order valence-electron chi connectivity index (χ2n) is 8.00. The third-order valence-corrected chi connectivity index (χ3v) is 6.04. The van der Waals surface area contributed by atoms with Gasteiger partial charge in [0, 0.05) is 37.9 Å². The number of morpholine rings is 1. The summed E-state index contributed by atoms with van der Waals surface area (Å²) in [7, 11) is 0. The Bertz CT molecular complexity index is 841. The van der Waals surface area contributed by atoms with Crippen LogP contribution in [-0.4, -0.2) is 60.9 Å². The summed E-state index contributed by atoms with van der Waals surface area (Å²) in [6, 6.07) is 6.79. The van der Waals surface area contributed by atoms with Gasteiger partial charge in [-0.15, -0.1) is 0 Å². The van der Waals surface area contributed by atoms with E-state index in [0.717, 1.165) is 75.1 Å². The van der Waals surface area contributed by atoms with Gasteiger partial charge in [-0.05, 0) is 30.7 Å². The Balaban J connectivity index is 1.38. The molecule has 0 amide bonds. The minimum absolute atomic E-state index is 0.0857. The summed E-state index contributed by atoms with van der Waals surface area (Å²) in [5, 5.41) is 0. The van der Waals surface area contributed by atoms with Crippen LogP contribution in [0.15, 0.2) is 30.5 Å². The lowest BCUT2D eigenvalue weighted by molar-refractivity contribution is 0.0502. The van der Waals surface area contributed by atoms with E-state index in [4.69, 9.17) is 14.5 Å². The monoisotopic (exact) mass is 384 g/mol. The lowest BCUT2D eigenvalue weighted by Gasteiger charge is -2.35. The maximum absolute atomic E-state index is 13.2. The average molecular weight is 384 g/mol. The van der Waals surface area contributed by atoms with Crippen molar-refractivity contribution in [3.05, 3.63) is 53.1 Å². The van der Waals surface area contributed by atoms with Gasteiger partial charge in [-0.3, -0.25) is 4.90 Å². The number of anilines is 1. The van der Waals surface area contributed by atoms with Crippen LogP contribution in [0, 0.1) is 5.82 Å². The van der Waals surface area contributed by atoms with Crippen LogP contribution in [0.1, 0.15) is 23.2 Å². The lowest BCUT2D eigenvalue weighted by Crippen LogP contribution is -2.42. The van der Waals surface area contributed by atoms with E-state index >= 15 is 0 Å². The van der Waals surface area contributed by atoms with Crippen molar-refractivity contribution in [1.29, 1.82) is 0 Å². The minimum atomic E-state index is -0.191. The van der Waals surface area contributed by atoms with Crippen LogP contribution in [0.5, 0.6) is 0 Å². The highest BCUT2D eigenvalue weighted by Crippen LogP contribution is 2.40. The van der Waals surface area contributed by atoms with Gasteiger partial charge in [0.25, 0.3) is 0 Å². The number of aromatic nitrogens is 2. The number of hydrogen-bond acceptors (Lipinski definition) is 6. The molecule has 1 aromatic carbocycles. The molecule has 2 saturated heterocycles. The van der Waals surface area contributed by atoms with Crippen LogP contribution in [-0.2, 0) is 28.0 Å². The van der Waals surface area contributed by atoms with Gasteiger partial charge in [0.1, 0.15) is 5.82 Å². The SMILES string of the molecule is Fc1ccc(CN2CC[C@]3(COCc4cnc(N5CCOCC5)nc43)C2)cc1. The topological polar surface area (TPSA) is 50.7 Å². The van der Waals surface area contributed by atoms with E-state index in [1.807, 2.05) is 18.3 Å². The van der Waals surface area contributed by atoms with Crippen molar-refractivity contribution >= 4 is 5.95 Å². The van der Waals surface area contributed by atoms with Gasteiger partial charge in [0.15, 0.2) is 0 Å². The van der Waals surface area contributed by atoms with E-state index in [9.17, 15) is 4.39 Å². The molecule has 3 aliphatic rings. The standard InChI is InChI=1S/C21H25FN4O2/c22-18-3-1-16(2-4-18)12-25-6-5-21(14-25)15-28-13-17-11-23-20(24-19(17)21)26-7-9-27-10-8-26/h1-4,11H,5-10,12-15H2/t21-/m1/s1. The van der Waals surface area contributed by atoms with Crippen molar-refractivity contribution in [2.24, 2.45) is 0 Å². The van der Waals surface area contributed by atoms with Gasteiger partial charge in [0.2, 0.25) is 5.95 Å². The molecule has 0 saturated carbocycles. The van der Waals surface area contributed by atoms with Crippen LogP contribution in [0.3, 0.4) is 0 Å². The van der Waals surface area contributed by atoms with E-state index in [0.29, 0.717) is 13.2 Å². The van der Waals surface area contributed by atoms with Crippen LogP contribution >= 0.6 is 0 Å². The Labute approximate surface area is 164 Å². The fourth-order valence-electron chi connectivity index (χ4n) is 4.56. The second kappa shape index (κ2) is 7.39. The number of rotatable bonds is 3. The number of fused-ring (bicyclic) bond motifs is 2. The summed E-state index contributed by atoms with van der Waals surface area (Å²) in [6.07, 6.45) is 2.96. The number of likely N-dealkylation sites (tertiary alicyclic amines) is 1. The van der Waals surface area contributed by atoms with Gasteiger partial charge in [-0.1, -0.05) is 12.1 Å². The number of ether oxygens (including phenoxy) is 2. The summed E-state index contributed by atoms with van der Waals surface area (Å²) in [6.45, 7) is 7.09. The molecule has 0 bridgehead atoms. The first-order chi connectivity index (χ1) is 13.7. The molecule has 1 spiro atoms. The maximum atomic E-state index is 13.2. The van der Waals surface area contributed by atoms with Gasteiger partial charge in [-0.25, -0.2) is 14.4 Å². The summed E-state index contributed by atoms with van der Waals surface area (Å²) >= 11 is 0. The van der Waals surface area contributed by atoms with Crippen molar-refractivity contribution in [2.45, 2.75) is 25.0 Å². The molecule has 1 aromatic heterocycles. The Morgan fingerprint density at radius 1 is 1.07 bits per heavy atom. The highest BCUT2D eigenvalue weighted by atomic mass is 19.1. The van der Waals surface area contributed by atoms with Gasteiger partial charge >= 0.3 is 0 Å². The molecular formula is C21H25FN4O2. The first-order valence-electron chi connectivity index (χ1n) is 9.96. The summed E-state index contributed by atoms with van der Waals surface area (Å²) in [5.41, 5.74) is 3.30. The minimum Gasteiger partial charge on any atom is -0.378 e. The zero-order valence-electron chi connectivity index (χ0n) is 15.9. The number of nitrogens with zero attached hydrogens (tertiary/aromatic N) is 4. The number of benzene rings is 1. The first kappa shape index (κ1) is 18.0. The van der Waals surface area contributed by atoms with Crippen molar-refractivity contribution in [1.82, 2.24) is 14.9 Å². The lowest BCUT2D eigenvalue weighted by atomic mass is 9.80. The molecule has 0 N–H and O–H groups in total. The fourth-order valence-corrected chi connectivity index (χ4v) is 4.56. The van der Waals surface area contributed by atoms with E-state index in [1.54, 1.807) is 0 Å². The molecule has 5 rings (SSSR count). The fraction of sp³-hybridized carbons (Fsp3) is 0.524. The van der Waals surface area contributed by atoms with E-state index in [-0.39, 0.29) is 11.2 Å². The molecule has 0 unspecified atom stereocenters. The van der Waals surface area contributed by atoms with Crippen molar-refractivity contribution in [3.8, 4) is 0 Å². The molecule has 28 heavy (non-hydrogen) atoms. The van der Waals surface area contributed by atoms with Crippen LogP contribution < -0.4 is 4.90 Å². The molecule has 2 fully saturated rings. The molecule has 0 radical (unpaired) electrons. The highest BCUT2D eigenvalue weighted by molar-refractivity contribution is 5.39. The third kappa shape index (κ3) is 3.38. The van der Waals surface area contributed by atoms with Crippen LogP contribution in [0.25, 0.3) is 0 Å². The summed E-state index contributed by atoms with van der Waals surface area (Å²) < 4.78 is 24.6. The predicted molar refractivity (Wildman–Crippen MR) is 103 cm³/mol. The molecular weight excluding hydrogens is 359 g/mol. The molecule has 6 nitrogen and oxygen atoms in total.